The summed E-state index contributed by atoms with van der Waals surface area (Å²) in [5.74, 6) is -1.23. The molecule has 0 spiro atoms. The Labute approximate surface area is 144 Å². The van der Waals surface area contributed by atoms with Gasteiger partial charge in [0, 0.05) is 13.0 Å². The zero-order chi connectivity index (χ0) is 18.4. The summed E-state index contributed by atoms with van der Waals surface area (Å²) in [5, 5.41) is 20.0. The highest BCUT2D eigenvalue weighted by atomic mass is 16.4. The first-order valence-corrected chi connectivity index (χ1v) is 8.23. The summed E-state index contributed by atoms with van der Waals surface area (Å²) >= 11 is 0. The van der Waals surface area contributed by atoms with Crippen LogP contribution in [0, 0.1) is 5.92 Å². The van der Waals surface area contributed by atoms with Crippen molar-refractivity contribution in [2.45, 2.75) is 45.7 Å². The van der Waals surface area contributed by atoms with Crippen LogP contribution in [0.3, 0.4) is 0 Å². The van der Waals surface area contributed by atoms with E-state index in [1.807, 2.05) is 13.8 Å². The SMILES string of the molecule is CC(C)C[C@@H](NC(=O)CCCn1nnc2ccccc2c1=O)C(=O)O. The van der Waals surface area contributed by atoms with Gasteiger partial charge in [-0.3, -0.25) is 9.59 Å². The third-order valence-corrected chi connectivity index (χ3v) is 3.74. The van der Waals surface area contributed by atoms with Crippen molar-refractivity contribution in [3.05, 3.63) is 34.6 Å². The van der Waals surface area contributed by atoms with E-state index in [-0.39, 0.29) is 30.3 Å². The van der Waals surface area contributed by atoms with Crippen LogP contribution < -0.4 is 10.9 Å². The van der Waals surface area contributed by atoms with Crippen LogP contribution in [0.2, 0.25) is 0 Å². The fraction of sp³-hybridized carbons (Fsp3) is 0.471. The lowest BCUT2D eigenvalue weighted by Crippen LogP contribution is -2.41. The molecule has 8 nitrogen and oxygen atoms in total. The smallest absolute Gasteiger partial charge is 0.326 e. The molecule has 1 aromatic heterocycles. The maximum absolute atomic E-state index is 12.3. The van der Waals surface area contributed by atoms with Crippen LogP contribution >= 0.6 is 0 Å². The number of carbonyl (C=O) groups is 2. The van der Waals surface area contributed by atoms with Crippen LogP contribution in [-0.4, -0.2) is 38.0 Å². The van der Waals surface area contributed by atoms with Crippen molar-refractivity contribution in [3.8, 4) is 0 Å². The topological polar surface area (TPSA) is 114 Å². The minimum atomic E-state index is -1.04. The number of fused-ring (bicyclic) bond motifs is 1. The lowest BCUT2D eigenvalue weighted by atomic mass is 10.0. The van der Waals surface area contributed by atoms with Gasteiger partial charge in [-0.15, -0.1) is 5.10 Å². The molecule has 0 saturated heterocycles. The average molecular weight is 346 g/mol. The van der Waals surface area contributed by atoms with E-state index in [0.29, 0.717) is 23.7 Å². The Morgan fingerprint density at radius 3 is 2.68 bits per heavy atom. The van der Waals surface area contributed by atoms with Gasteiger partial charge in [-0.05, 0) is 30.9 Å². The number of aryl methyl sites for hydroxylation is 1. The minimum absolute atomic E-state index is 0.114. The fourth-order valence-corrected chi connectivity index (χ4v) is 2.52. The van der Waals surface area contributed by atoms with E-state index in [2.05, 4.69) is 15.6 Å². The van der Waals surface area contributed by atoms with Crippen molar-refractivity contribution >= 4 is 22.8 Å². The average Bonchev–Trinajstić information content (AvgIpc) is 2.56. The molecule has 0 radical (unpaired) electrons. The zero-order valence-corrected chi connectivity index (χ0v) is 14.3. The summed E-state index contributed by atoms with van der Waals surface area (Å²) in [6, 6.07) is 6.03. The molecule has 1 aromatic carbocycles. The van der Waals surface area contributed by atoms with Crippen molar-refractivity contribution < 1.29 is 14.7 Å². The van der Waals surface area contributed by atoms with Crippen molar-refractivity contribution in [3.63, 3.8) is 0 Å². The van der Waals surface area contributed by atoms with E-state index in [1.165, 1.54) is 4.68 Å². The molecule has 0 saturated carbocycles. The molecule has 0 fully saturated rings. The van der Waals surface area contributed by atoms with Crippen LogP contribution in [-0.2, 0) is 16.1 Å². The first kappa shape index (κ1) is 18.6. The number of aromatic nitrogens is 3. The van der Waals surface area contributed by atoms with Crippen LogP contribution in [0.15, 0.2) is 29.1 Å². The zero-order valence-electron chi connectivity index (χ0n) is 14.3. The lowest BCUT2D eigenvalue weighted by Gasteiger charge is -2.16. The summed E-state index contributed by atoms with van der Waals surface area (Å²) in [5.41, 5.74) is 0.272. The third kappa shape index (κ3) is 5.10. The Bertz CT molecular complexity index is 816. The molecule has 8 heteroatoms. The normalized spacial score (nSPS) is 12.3. The molecule has 1 amide bonds. The Morgan fingerprint density at radius 2 is 2.00 bits per heavy atom. The standard InChI is InChI=1S/C17H22N4O4/c1-11(2)10-14(17(24)25)18-15(22)8-5-9-21-16(23)12-6-3-4-7-13(12)19-20-21/h3-4,6-7,11,14H,5,8-10H2,1-2H3,(H,18,22)(H,24,25)/t14-/m1/s1. The van der Waals surface area contributed by atoms with Gasteiger partial charge in [0.15, 0.2) is 0 Å². The number of carboxylic acids is 1. The molecule has 134 valence electrons. The van der Waals surface area contributed by atoms with Crippen molar-refractivity contribution in [1.29, 1.82) is 0 Å². The lowest BCUT2D eigenvalue weighted by molar-refractivity contribution is -0.142. The number of nitrogens with zero attached hydrogens (tertiary/aromatic N) is 3. The molecule has 0 aliphatic heterocycles. The predicted octanol–water partition coefficient (Wildman–Crippen LogP) is 1.19. The van der Waals surface area contributed by atoms with E-state index >= 15 is 0 Å². The molecular formula is C17H22N4O4. The molecule has 0 bridgehead atoms. The van der Waals surface area contributed by atoms with E-state index in [4.69, 9.17) is 5.11 Å². The first-order chi connectivity index (χ1) is 11.9. The molecule has 0 unspecified atom stereocenters. The van der Waals surface area contributed by atoms with E-state index in [1.54, 1.807) is 24.3 Å². The number of hydrogen-bond donors (Lipinski definition) is 2. The van der Waals surface area contributed by atoms with Crippen molar-refractivity contribution in [2.24, 2.45) is 5.92 Å². The number of carbonyl (C=O) groups excluding carboxylic acids is 1. The summed E-state index contributed by atoms with van der Waals surface area (Å²) in [7, 11) is 0. The highest BCUT2D eigenvalue weighted by Gasteiger charge is 2.20. The van der Waals surface area contributed by atoms with Crippen molar-refractivity contribution in [1.82, 2.24) is 20.3 Å². The van der Waals surface area contributed by atoms with Gasteiger partial charge in [0.05, 0.1) is 5.39 Å². The molecule has 0 aliphatic carbocycles. The number of carboxylic acid groups (broad SMARTS) is 1. The van der Waals surface area contributed by atoms with Gasteiger partial charge >= 0.3 is 5.97 Å². The summed E-state index contributed by atoms with van der Waals surface area (Å²) < 4.78 is 1.22. The largest absolute Gasteiger partial charge is 0.480 e. The van der Waals surface area contributed by atoms with Gasteiger partial charge in [-0.25, -0.2) is 9.48 Å². The Kier molecular flexibility index (Phi) is 6.21. The molecule has 2 aromatic rings. The Balaban J connectivity index is 1.92. The molecule has 2 N–H and O–H groups in total. The van der Waals surface area contributed by atoms with Gasteiger partial charge < -0.3 is 10.4 Å². The Hall–Kier alpha value is -2.77. The molecule has 1 heterocycles. The predicted molar refractivity (Wildman–Crippen MR) is 92.1 cm³/mol. The van der Waals surface area contributed by atoms with Gasteiger partial charge in [0.1, 0.15) is 11.6 Å². The molecule has 25 heavy (non-hydrogen) atoms. The second-order valence-electron chi connectivity index (χ2n) is 6.33. The van der Waals surface area contributed by atoms with E-state index in [0.717, 1.165) is 0 Å². The number of rotatable bonds is 8. The van der Waals surface area contributed by atoms with E-state index < -0.39 is 12.0 Å². The minimum Gasteiger partial charge on any atom is -0.480 e. The number of aliphatic carboxylic acids is 1. The molecule has 0 aliphatic rings. The van der Waals surface area contributed by atoms with Gasteiger partial charge in [0.25, 0.3) is 5.56 Å². The van der Waals surface area contributed by atoms with Crippen LogP contribution in [0.1, 0.15) is 33.1 Å². The van der Waals surface area contributed by atoms with Crippen molar-refractivity contribution in [2.75, 3.05) is 0 Å². The molecule has 1 atom stereocenters. The van der Waals surface area contributed by atoms with E-state index in [9.17, 15) is 14.4 Å². The van der Waals surface area contributed by atoms with Gasteiger partial charge in [-0.1, -0.05) is 31.2 Å². The molecule has 2 rings (SSSR count). The van der Waals surface area contributed by atoms with Gasteiger partial charge in [-0.2, -0.15) is 0 Å². The summed E-state index contributed by atoms with van der Waals surface area (Å²) in [6.45, 7) is 4.03. The third-order valence-electron chi connectivity index (χ3n) is 3.74. The second kappa shape index (κ2) is 8.36. The van der Waals surface area contributed by atoms with Gasteiger partial charge in [0.2, 0.25) is 5.91 Å². The quantitative estimate of drug-likeness (QED) is 0.742. The first-order valence-electron chi connectivity index (χ1n) is 8.23. The highest BCUT2D eigenvalue weighted by Crippen LogP contribution is 2.06. The maximum Gasteiger partial charge on any atom is 0.326 e. The maximum atomic E-state index is 12.3. The Morgan fingerprint density at radius 1 is 1.28 bits per heavy atom. The fourth-order valence-electron chi connectivity index (χ4n) is 2.52. The molecular weight excluding hydrogens is 324 g/mol. The number of nitrogens with one attached hydrogen (secondary N) is 1. The van der Waals surface area contributed by atoms with Crippen LogP contribution in [0.5, 0.6) is 0 Å². The second-order valence-corrected chi connectivity index (χ2v) is 6.33. The number of amides is 1. The summed E-state index contributed by atoms with van der Waals surface area (Å²) in [4.78, 5) is 35.4. The summed E-state index contributed by atoms with van der Waals surface area (Å²) in [6.07, 6.45) is 0.853. The van der Waals surface area contributed by atoms with Crippen LogP contribution in [0.4, 0.5) is 0 Å². The van der Waals surface area contributed by atoms with Crippen LogP contribution in [0.25, 0.3) is 10.9 Å². The monoisotopic (exact) mass is 346 g/mol. The number of benzene rings is 1. The highest BCUT2D eigenvalue weighted by molar-refractivity contribution is 5.83. The number of hydrogen-bond acceptors (Lipinski definition) is 5.